The van der Waals surface area contributed by atoms with Crippen molar-refractivity contribution in [3.63, 3.8) is 0 Å². The second-order valence-electron chi connectivity index (χ2n) is 13.3. The molecule has 46 heavy (non-hydrogen) atoms. The van der Waals surface area contributed by atoms with Crippen molar-refractivity contribution in [2.24, 2.45) is 11.8 Å². The fourth-order valence-electron chi connectivity index (χ4n) is 6.39. The average molecular weight is 677 g/mol. The summed E-state index contributed by atoms with van der Waals surface area (Å²) < 4.78 is 12.8. The van der Waals surface area contributed by atoms with Gasteiger partial charge in [0, 0.05) is 43.8 Å². The summed E-state index contributed by atoms with van der Waals surface area (Å²) in [5.41, 5.74) is 2.01. The van der Waals surface area contributed by atoms with Gasteiger partial charge in [-0.25, -0.2) is 0 Å². The first-order valence-corrected chi connectivity index (χ1v) is 17.6. The molecule has 2 aliphatic rings. The topological polar surface area (TPSA) is 91.3 Å². The molecule has 1 aliphatic carbocycles. The molecule has 1 saturated carbocycles. The average Bonchev–Trinajstić information content (AvgIpc) is 3.04. The van der Waals surface area contributed by atoms with Crippen LogP contribution in [0.4, 0.5) is 5.69 Å². The number of likely N-dealkylation sites (N-methyl/N-ethyl adjacent to an activating group) is 1. The second-order valence-corrected chi connectivity index (χ2v) is 14.1. The Morgan fingerprint density at radius 3 is 2.50 bits per heavy atom. The number of hydrogen-bond acceptors (Lipinski definition) is 6. The van der Waals surface area contributed by atoms with E-state index in [1.807, 2.05) is 45.2 Å². The SMILES string of the molecule is C[C@@H]1CCCCO[C@H](CN(C)Cc2ccc(Cl)c(Cl)c2)[C@@H](C)CN([C@H](C)CO)C(=O)c2cc(NC(=O)C3CCCCC3)ccc2O1. The van der Waals surface area contributed by atoms with Crippen LogP contribution >= 0.6 is 23.2 Å². The normalized spacial score (nSPS) is 22.9. The predicted molar refractivity (Wildman–Crippen MR) is 185 cm³/mol. The van der Waals surface area contributed by atoms with E-state index < -0.39 is 6.04 Å². The highest BCUT2D eigenvalue weighted by atomic mass is 35.5. The van der Waals surface area contributed by atoms with Crippen LogP contribution in [0.25, 0.3) is 0 Å². The molecule has 0 unspecified atom stereocenters. The molecule has 0 bridgehead atoms. The fraction of sp³-hybridized carbons (Fsp3) is 0.611. The Kier molecular flexibility index (Phi) is 14.0. The van der Waals surface area contributed by atoms with Gasteiger partial charge in [-0.1, -0.05) is 55.5 Å². The van der Waals surface area contributed by atoms with Gasteiger partial charge in [0.05, 0.1) is 40.5 Å². The second kappa shape index (κ2) is 17.7. The van der Waals surface area contributed by atoms with E-state index in [0.29, 0.717) is 53.3 Å². The maximum atomic E-state index is 14.4. The van der Waals surface area contributed by atoms with Crippen molar-refractivity contribution in [2.45, 2.75) is 96.9 Å². The van der Waals surface area contributed by atoms with E-state index >= 15 is 0 Å². The number of anilines is 1. The number of hydrogen-bond donors (Lipinski definition) is 2. The highest BCUT2D eigenvalue weighted by molar-refractivity contribution is 6.42. The summed E-state index contributed by atoms with van der Waals surface area (Å²) in [4.78, 5) is 31.4. The molecule has 8 nitrogen and oxygen atoms in total. The number of carbonyl (C=O) groups is 2. The van der Waals surface area contributed by atoms with Crippen LogP contribution in [-0.4, -0.2) is 78.3 Å². The zero-order valence-corrected chi connectivity index (χ0v) is 29.3. The van der Waals surface area contributed by atoms with Crippen LogP contribution in [0.2, 0.25) is 10.0 Å². The molecule has 4 atom stereocenters. The fourth-order valence-corrected chi connectivity index (χ4v) is 6.71. The maximum absolute atomic E-state index is 14.4. The number of carbonyl (C=O) groups excluding carboxylic acids is 2. The van der Waals surface area contributed by atoms with E-state index in [4.69, 9.17) is 32.7 Å². The monoisotopic (exact) mass is 675 g/mol. The first-order chi connectivity index (χ1) is 22.0. The van der Waals surface area contributed by atoms with Gasteiger partial charge in [-0.3, -0.25) is 14.5 Å². The van der Waals surface area contributed by atoms with Gasteiger partial charge in [0.2, 0.25) is 5.91 Å². The van der Waals surface area contributed by atoms with Crippen molar-refractivity contribution in [2.75, 3.05) is 38.7 Å². The molecule has 0 spiro atoms. The predicted octanol–water partition coefficient (Wildman–Crippen LogP) is 7.44. The third-order valence-electron chi connectivity index (χ3n) is 9.22. The third-order valence-corrected chi connectivity index (χ3v) is 9.96. The van der Waals surface area contributed by atoms with Gasteiger partial charge < -0.3 is 24.8 Å². The van der Waals surface area contributed by atoms with Crippen molar-refractivity contribution in [1.82, 2.24) is 9.80 Å². The molecular formula is C36H51Cl2N3O5. The number of ether oxygens (including phenoxy) is 2. The molecule has 0 radical (unpaired) electrons. The Morgan fingerprint density at radius 1 is 1.04 bits per heavy atom. The molecule has 2 amide bonds. The number of amides is 2. The quantitative estimate of drug-likeness (QED) is 0.302. The van der Waals surface area contributed by atoms with Crippen LogP contribution in [0, 0.1) is 11.8 Å². The van der Waals surface area contributed by atoms with E-state index in [1.165, 1.54) is 6.42 Å². The number of aliphatic hydroxyl groups is 1. The molecule has 4 rings (SSSR count). The Balaban J connectivity index is 1.58. The van der Waals surface area contributed by atoms with Gasteiger partial charge in [-0.05, 0) is 88.9 Å². The van der Waals surface area contributed by atoms with Gasteiger partial charge in [0.25, 0.3) is 5.91 Å². The molecule has 1 fully saturated rings. The Bertz CT molecular complexity index is 1300. The lowest BCUT2D eigenvalue weighted by Crippen LogP contribution is -2.47. The zero-order valence-electron chi connectivity index (χ0n) is 27.8. The summed E-state index contributed by atoms with van der Waals surface area (Å²) in [6, 6.07) is 10.6. The highest BCUT2D eigenvalue weighted by Gasteiger charge is 2.31. The van der Waals surface area contributed by atoms with Crippen molar-refractivity contribution < 1.29 is 24.2 Å². The molecule has 0 saturated heterocycles. The molecule has 10 heteroatoms. The minimum Gasteiger partial charge on any atom is -0.490 e. The summed E-state index contributed by atoms with van der Waals surface area (Å²) in [5, 5.41) is 14.4. The first kappa shape index (κ1) is 36.5. The van der Waals surface area contributed by atoms with Crippen molar-refractivity contribution >= 4 is 40.7 Å². The number of nitrogens with zero attached hydrogens (tertiary/aromatic N) is 2. The molecule has 0 aromatic heterocycles. The lowest BCUT2D eigenvalue weighted by molar-refractivity contribution is -0.120. The molecule has 1 heterocycles. The van der Waals surface area contributed by atoms with Gasteiger partial charge in [-0.2, -0.15) is 0 Å². The molecule has 2 N–H and O–H groups in total. The summed E-state index contributed by atoms with van der Waals surface area (Å²) >= 11 is 12.4. The van der Waals surface area contributed by atoms with Crippen LogP contribution in [0.1, 0.15) is 88.1 Å². The zero-order chi connectivity index (χ0) is 33.2. The molecule has 1 aliphatic heterocycles. The van der Waals surface area contributed by atoms with Crippen LogP contribution in [0.15, 0.2) is 36.4 Å². The van der Waals surface area contributed by atoms with Gasteiger partial charge >= 0.3 is 0 Å². The summed E-state index contributed by atoms with van der Waals surface area (Å²) in [6.45, 7) is 8.04. The third kappa shape index (κ3) is 10.3. The number of rotatable bonds is 8. The minimum absolute atomic E-state index is 0.00136. The number of fused-ring (bicyclic) bond motifs is 1. The van der Waals surface area contributed by atoms with Gasteiger partial charge in [0.1, 0.15) is 5.75 Å². The lowest BCUT2D eigenvalue weighted by Gasteiger charge is -2.36. The summed E-state index contributed by atoms with van der Waals surface area (Å²) in [5.74, 6) is 0.190. The Morgan fingerprint density at radius 2 is 1.78 bits per heavy atom. The Labute approximate surface area is 284 Å². The number of halogens is 2. The molecular weight excluding hydrogens is 625 g/mol. The number of nitrogens with one attached hydrogen (secondary N) is 1. The van der Waals surface area contributed by atoms with Crippen LogP contribution in [0.5, 0.6) is 5.75 Å². The lowest BCUT2D eigenvalue weighted by atomic mass is 9.88. The van der Waals surface area contributed by atoms with Crippen LogP contribution < -0.4 is 10.1 Å². The van der Waals surface area contributed by atoms with E-state index in [9.17, 15) is 14.7 Å². The van der Waals surface area contributed by atoms with E-state index in [2.05, 4.69) is 17.1 Å². The standard InChI is InChI=1S/C36H51Cl2N3O5/c1-24-20-41(25(2)23-42)36(44)30-19-29(39-35(43)28-11-6-5-7-12-28)14-16-33(30)46-26(3)10-8-9-17-45-34(24)22-40(4)21-27-13-15-31(37)32(38)18-27/h13-16,18-19,24-26,28,34,42H,5-12,17,20-23H2,1-4H3,(H,39,43)/t24-,25+,26+,34+/m0/s1. The minimum atomic E-state index is -0.441. The van der Waals surface area contributed by atoms with Crippen molar-refractivity contribution in [1.29, 1.82) is 0 Å². The largest absolute Gasteiger partial charge is 0.490 e. The smallest absolute Gasteiger partial charge is 0.258 e. The van der Waals surface area contributed by atoms with Gasteiger partial charge in [0.15, 0.2) is 0 Å². The van der Waals surface area contributed by atoms with E-state index in [0.717, 1.165) is 50.5 Å². The van der Waals surface area contributed by atoms with Crippen LogP contribution in [-0.2, 0) is 16.1 Å². The highest BCUT2D eigenvalue weighted by Crippen LogP contribution is 2.30. The Hall–Kier alpha value is -2.36. The molecule has 2 aromatic carbocycles. The van der Waals surface area contributed by atoms with Crippen LogP contribution in [0.3, 0.4) is 0 Å². The maximum Gasteiger partial charge on any atom is 0.258 e. The van der Waals surface area contributed by atoms with E-state index in [-0.39, 0.29) is 42.5 Å². The first-order valence-electron chi connectivity index (χ1n) is 16.8. The van der Waals surface area contributed by atoms with Gasteiger partial charge in [-0.15, -0.1) is 0 Å². The summed E-state index contributed by atoms with van der Waals surface area (Å²) in [6.07, 6.45) is 7.43. The van der Waals surface area contributed by atoms with Crippen molar-refractivity contribution in [3.8, 4) is 5.75 Å². The number of benzene rings is 2. The van der Waals surface area contributed by atoms with E-state index in [1.54, 1.807) is 17.0 Å². The summed E-state index contributed by atoms with van der Waals surface area (Å²) in [7, 11) is 2.04. The van der Waals surface area contributed by atoms with Crippen molar-refractivity contribution in [3.05, 3.63) is 57.6 Å². The number of aliphatic hydroxyl groups excluding tert-OH is 1. The molecule has 254 valence electrons. The molecule has 2 aromatic rings.